The summed E-state index contributed by atoms with van der Waals surface area (Å²) in [5, 5.41) is 0. The third-order valence-corrected chi connectivity index (χ3v) is 3.32. The highest BCUT2D eigenvalue weighted by Crippen LogP contribution is 2.23. The number of fused-ring (bicyclic) bond motifs is 1. The third-order valence-electron chi connectivity index (χ3n) is 3.12. The van der Waals surface area contributed by atoms with E-state index >= 15 is 0 Å². The summed E-state index contributed by atoms with van der Waals surface area (Å²) < 4.78 is 5.62. The lowest BCUT2D eigenvalue weighted by molar-refractivity contribution is 0.330. The molecular weight excluding hydrogens is 282 g/mol. The van der Waals surface area contributed by atoms with E-state index in [2.05, 4.69) is 9.97 Å². The zero-order valence-corrected chi connectivity index (χ0v) is 12.2. The molecule has 0 aliphatic carbocycles. The molecule has 0 aliphatic rings. The van der Waals surface area contributed by atoms with Crippen molar-refractivity contribution in [2.45, 2.75) is 6.42 Å². The second-order valence-corrected chi connectivity index (χ2v) is 5.22. The van der Waals surface area contributed by atoms with Gasteiger partial charge in [0.2, 0.25) is 0 Å². The predicted octanol–water partition coefficient (Wildman–Crippen LogP) is 3.28. The van der Waals surface area contributed by atoms with Gasteiger partial charge in [0.1, 0.15) is 11.6 Å². The number of H-pyrrole nitrogens is 1. The second kappa shape index (κ2) is 5.93. The minimum absolute atomic E-state index is 0.462. The highest BCUT2D eigenvalue weighted by molar-refractivity contribution is 7.80. The van der Waals surface area contributed by atoms with E-state index in [1.165, 1.54) is 0 Å². The van der Waals surface area contributed by atoms with E-state index in [9.17, 15) is 0 Å². The minimum Gasteiger partial charge on any atom is -0.493 e. The number of aromatic amines is 1. The van der Waals surface area contributed by atoms with Crippen molar-refractivity contribution in [1.82, 2.24) is 9.97 Å². The Hall–Kier alpha value is -2.40. The number of hydrogen-bond donors (Lipinski definition) is 2. The number of benzene rings is 2. The molecule has 3 N–H and O–H groups in total. The fourth-order valence-corrected chi connectivity index (χ4v) is 2.16. The van der Waals surface area contributed by atoms with Gasteiger partial charge < -0.3 is 15.5 Å². The minimum atomic E-state index is 0.462. The van der Waals surface area contributed by atoms with Crippen LogP contribution >= 0.6 is 12.2 Å². The maximum absolute atomic E-state index is 5.62. The predicted molar refractivity (Wildman–Crippen MR) is 88.4 cm³/mol. The number of nitrogens with zero attached hydrogens (tertiary/aromatic N) is 1. The molecule has 0 unspecified atom stereocenters. The summed E-state index contributed by atoms with van der Waals surface area (Å²) in [4.78, 5) is 8.35. The van der Waals surface area contributed by atoms with Crippen molar-refractivity contribution >= 4 is 28.2 Å². The Morgan fingerprint density at radius 1 is 1.19 bits per heavy atom. The first-order chi connectivity index (χ1) is 10.2. The summed E-state index contributed by atoms with van der Waals surface area (Å²) in [6.45, 7) is 0.487. The molecule has 0 fully saturated rings. The Morgan fingerprint density at radius 3 is 2.76 bits per heavy atom. The molecular formula is C16H15N3OS. The average Bonchev–Trinajstić information content (AvgIpc) is 2.91. The first-order valence-electron chi connectivity index (χ1n) is 6.69. The first-order valence-corrected chi connectivity index (χ1v) is 7.09. The molecule has 1 aromatic heterocycles. The van der Waals surface area contributed by atoms with E-state index in [0.717, 1.165) is 28.2 Å². The van der Waals surface area contributed by atoms with Crippen molar-refractivity contribution in [2.75, 3.05) is 6.61 Å². The monoisotopic (exact) mass is 297 g/mol. The van der Waals surface area contributed by atoms with Crippen molar-refractivity contribution in [2.24, 2.45) is 5.73 Å². The lowest BCUT2D eigenvalue weighted by Crippen LogP contribution is -2.12. The maximum Gasteiger partial charge on any atom is 0.138 e. The molecule has 0 amide bonds. The molecule has 21 heavy (non-hydrogen) atoms. The highest BCUT2D eigenvalue weighted by atomic mass is 32.1. The number of rotatable bonds is 5. The summed E-state index contributed by atoms with van der Waals surface area (Å²) >= 11 is 4.83. The first kappa shape index (κ1) is 13.6. The van der Waals surface area contributed by atoms with Crippen molar-refractivity contribution < 1.29 is 4.74 Å². The average molecular weight is 297 g/mol. The smallest absolute Gasteiger partial charge is 0.138 e. The Balaban J connectivity index is 1.83. The van der Waals surface area contributed by atoms with Gasteiger partial charge in [-0.25, -0.2) is 4.98 Å². The van der Waals surface area contributed by atoms with Crippen LogP contribution in [-0.2, 0) is 0 Å². The molecule has 5 heteroatoms. The molecule has 1 heterocycles. The number of nitrogens with two attached hydrogens (primary N) is 1. The summed E-state index contributed by atoms with van der Waals surface area (Å²) in [5.41, 5.74) is 8.37. The molecule has 3 rings (SSSR count). The van der Waals surface area contributed by atoms with Crippen LogP contribution in [0.3, 0.4) is 0 Å². The van der Waals surface area contributed by atoms with Gasteiger partial charge in [-0.05, 0) is 12.1 Å². The molecule has 2 aromatic carbocycles. The van der Waals surface area contributed by atoms with Gasteiger partial charge in [-0.1, -0.05) is 42.5 Å². The van der Waals surface area contributed by atoms with E-state index in [0.29, 0.717) is 18.0 Å². The summed E-state index contributed by atoms with van der Waals surface area (Å²) in [5.74, 6) is 1.63. The van der Waals surface area contributed by atoms with E-state index in [-0.39, 0.29) is 0 Å². The molecule has 0 saturated carbocycles. The normalized spacial score (nSPS) is 10.7. The maximum atomic E-state index is 5.62. The molecule has 0 bridgehead atoms. The number of thiocarbonyl (C=S) groups is 1. The van der Waals surface area contributed by atoms with Crippen molar-refractivity contribution in [1.29, 1.82) is 0 Å². The lowest BCUT2D eigenvalue weighted by atomic mass is 10.2. The number of hydrogen-bond acceptors (Lipinski definition) is 3. The molecule has 0 aliphatic heterocycles. The number of aromatic nitrogens is 2. The molecule has 3 aromatic rings. The van der Waals surface area contributed by atoms with Crippen LogP contribution in [0.25, 0.3) is 22.4 Å². The van der Waals surface area contributed by atoms with Crippen molar-refractivity contribution in [3.8, 4) is 17.1 Å². The second-order valence-electron chi connectivity index (χ2n) is 4.70. The summed E-state index contributed by atoms with van der Waals surface area (Å²) in [6, 6.07) is 15.8. The largest absolute Gasteiger partial charge is 0.493 e. The molecule has 0 atom stereocenters. The topological polar surface area (TPSA) is 63.9 Å². The molecule has 0 radical (unpaired) electrons. The van der Waals surface area contributed by atoms with Gasteiger partial charge in [-0.2, -0.15) is 0 Å². The molecule has 0 saturated heterocycles. The molecule has 0 spiro atoms. The van der Waals surface area contributed by atoms with Crippen LogP contribution in [0.4, 0.5) is 0 Å². The van der Waals surface area contributed by atoms with E-state index in [1.807, 2.05) is 48.5 Å². The zero-order valence-electron chi connectivity index (χ0n) is 11.4. The van der Waals surface area contributed by atoms with E-state index in [4.69, 9.17) is 22.7 Å². The lowest BCUT2D eigenvalue weighted by Gasteiger charge is -2.04. The van der Waals surface area contributed by atoms with Crippen LogP contribution in [0.5, 0.6) is 5.75 Å². The van der Waals surface area contributed by atoms with Gasteiger partial charge in [-0.15, -0.1) is 0 Å². The molecule has 4 nitrogen and oxygen atoms in total. The van der Waals surface area contributed by atoms with Crippen molar-refractivity contribution in [3.63, 3.8) is 0 Å². The van der Waals surface area contributed by atoms with Crippen LogP contribution in [0.2, 0.25) is 0 Å². The van der Waals surface area contributed by atoms with Gasteiger partial charge in [0.15, 0.2) is 0 Å². The highest BCUT2D eigenvalue weighted by Gasteiger charge is 2.06. The Labute approximate surface area is 128 Å². The summed E-state index contributed by atoms with van der Waals surface area (Å²) in [6.07, 6.45) is 0.575. The number of imidazole rings is 1. The van der Waals surface area contributed by atoms with Gasteiger partial charge >= 0.3 is 0 Å². The fraction of sp³-hybridized carbons (Fsp3) is 0.125. The number of ether oxygens (including phenoxy) is 1. The van der Waals surface area contributed by atoms with Crippen LogP contribution in [0.15, 0.2) is 48.5 Å². The van der Waals surface area contributed by atoms with Gasteiger partial charge in [0, 0.05) is 18.1 Å². The van der Waals surface area contributed by atoms with Crippen LogP contribution in [0, 0.1) is 0 Å². The third kappa shape index (κ3) is 3.20. The van der Waals surface area contributed by atoms with Crippen molar-refractivity contribution in [3.05, 3.63) is 48.5 Å². The van der Waals surface area contributed by atoms with Crippen LogP contribution in [0.1, 0.15) is 6.42 Å². The van der Waals surface area contributed by atoms with Gasteiger partial charge in [-0.3, -0.25) is 0 Å². The SMILES string of the molecule is NC(=S)CCOc1ccc2nc(-c3ccccc3)[nH]c2c1. The number of nitrogens with one attached hydrogen (secondary N) is 1. The quantitative estimate of drug-likeness (QED) is 0.709. The van der Waals surface area contributed by atoms with Gasteiger partial charge in [0.05, 0.1) is 22.6 Å². The standard InChI is InChI=1S/C16H15N3OS/c17-15(21)8-9-20-12-6-7-13-14(10-12)19-16(18-13)11-4-2-1-3-5-11/h1-7,10H,8-9H2,(H2,17,21)(H,18,19). The van der Waals surface area contributed by atoms with Crippen LogP contribution in [-0.4, -0.2) is 21.6 Å². The zero-order chi connectivity index (χ0) is 14.7. The molecule has 106 valence electrons. The summed E-state index contributed by atoms with van der Waals surface area (Å²) in [7, 11) is 0. The fourth-order valence-electron chi connectivity index (χ4n) is 2.08. The van der Waals surface area contributed by atoms with Gasteiger partial charge in [0.25, 0.3) is 0 Å². The van der Waals surface area contributed by atoms with E-state index < -0.39 is 0 Å². The Kier molecular flexibility index (Phi) is 3.83. The Morgan fingerprint density at radius 2 is 2.00 bits per heavy atom. The van der Waals surface area contributed by atoms with E-state index in [1.54, 1.807) is 0 Å². The Bertz CT molecular complexity index is 768. The van der Waals surface area contributed by atoms with Crippen LogP contribution < -0.4 is 10.5 Å².